The van der Waals surface area contributed by atoms with E-state index in [1.54, 1.807) is 12.1 Å². The Kier molecular flexibility index (Phi) is 3.69. The van der Waals surface area contributed by atoms with Crippen LogP contribution in [0.25, 0.3) is 11.3 Å². The maximum atomic E-state index is 12.0. The summed E-state index contributed by atoms with van der Waals surface area (Å²) in [5, 5.41) is 13.6. The number of benzene rings is 1. The molecule has 0 aliphatic carbocycles. The quantitative estimate of drug-likeness (QED) is 0.802. The summed E-state index contributed by atoms with van der Waals surface area (Å²) in [7, 11) is 0. The number of hydrogen-bond donors (Lipinski definition) is 3. The SMILES string of the molecule is Cc1cc(-c2ccc(NC(=O)C3=NNC(=O)CC3)cc2)n[nH]1. The number of anilines is 1. The largest absolute Gasteiger partial charge is 0.321 e. The Morgan fingerprint density at radius 2 is 2.00 bits per heavy atom. The molecule has 7 heteroatoms. The summed E-state index contributed by atoms with van der Waals surface area (Å²) in [5.74, 6) is -0.474. The van der Waals surface area contributed by atoms with Crippen molar-refractivity contribution in [1.82, 2.24) is 15.6 Å². The molecule has 1 aliphatic heterocycles. The number of aryl methyl sites for hydroxylation is 1. The monoisotopic (exact) mass is 297 g/mol. The molecule has 1 aliphatic rings. The summed E-state index contributed by atoms with van der Waals surface area (Å²) in [4.78, 5) is 23.0. The third-order valence-electron chi connectivity index (χ3n) is 3.31. The van der Waals surface area contributed by atoms with Crippen LogP contribution >= 0.6 is 0 Å². The standard InChI is InChI=1S/C15H15N5O2/c1-9-8-13(19-17-9)10-2-4-11(5-3-10)16-15(22)12-6-7-14(21)20-18-12/h2-5,8H,6-7H2,1H3,(H,16,22)(H,17,19)(H,20,21). The Morgan fingerprint density at radius 1 is 1.23 bits per heavy atom. The second kappa shape index (κ2) is 5.80. The van der Waals surface area contributed by atoms with Gasteiger partial charge < -0.3 is 5.32 Å². The van der Waals surface area contributed by atoms with E-state index in [0.717, 1.165) is 17.0 Å². The number of hydrazone groups is 1. The van der Waals surface area contributed by atoms with Gasteiger partial charge in [0.05, 0.1) is 5.69 Å². The van der Waals surface area contributed by atoms with E-state index in [0.29, 0.717) is 17.8 Å². The number of carbonyl (C=O) groups is 2. The fraction of sp³-hybridized carbons (Fsp3) is 0.200. The number of amides is 2. The number of aromatic amines is 1. The van der Waals surface area contributed by atoms with Gasteiger partial charge in [-0.3, -0.25) is 14.7 Å². The molecule has 0 fully saturated rings. The van der Waals surface area contributed by atoms with Crippen LogP contribution in [0.5, 0.6) is 0 Å². The Labute approximate surface area is 126 Å². The van der Waals surface area contributed by atoms with Crippen LogP contribution in [0.15, 0.2) is 35.4 Å². The van der Waals surface area contributed by atoms with Gasteiger partial charge in [-0.05, 0) is 25.1 Å². The van der Waals surface area contributed by atoms with E-state index in [9.17, 15) is 9.59 Å². The van der Waals surface area contributed by atoms with Crippen LogP contribution in [0.1, 0.15) is 18.5 Å². The molecular formula is C15H15N5O2. The number of carbonyl (C=O) groups excluding carboxylic acids is 2. The number of aromatic nitrogens is 2. The normalized spacial score (nSPS) is 14.2. The Bertz CT molecular complexity index is 746. The minimum Gasteiger partial charge on any atom is -0.321 e. The van der Waals surface area contributed by atoms with Crippen molar-refractivity contribution in [2.24, 2.45) is 5.10 Å². The summed E-state index contributed by atoms with van der Waals surface area (Å²) in [6.07, 6.45) is 0.631. The van der Waals surface area contributed by atoms with Crippen molar-refractivity contribution in [3.8, 4) is 11.3 Å². The summed E-state index contributed by atoms with van der Waals surface area (Å²) in [6, 6.07) is 9.33. The third-order valence-corrected chi connectivity index (χ3v) is 3.31. The zero-order valence-electron chi connectivity index (χ0n) is 12.0. The molecule has 0 radical (unpaired) electrons. The first-order chi connectivity index (χ1) is 10.6. The molecule has 0 unspecified atom stereocenters. The van der Waals surface area contributed by atoms with Crippen LogP contribution in [0.2, 0.25) is 0 Å². The zero-order valence-corrected chi connectivity index (χ0v) is 12.0. The van der Waals surface area contributed by atoms with Crippen molar-refractivity contribution < 1.29 is 9.59 Å². The fourth-order valence-corrected chi connectivity index (χ4v) is 2.13. The molecule has 1 aromatic carbocycles. The van der Waals surface area contributed by atoms with E-state index >= 15 is 0 Å². The smallest absolute Gasteiger partial charge is 0.271 e. The van der Waals surface area contributed by atoms with Gasteiger partial charge in [-0.1, -0.05) is 12.1 Å². The summed E-state index contributed by atoms with van der Waals surface area (Å²) >= 11 is 0. The maximum Gasteiger partial charge on any atom is 0.271 e. The molecular weight excluding hydrogens is 282 g/mol. The predicted octanol–water partition coefficient (Wildman–Crippen LogP) is 1.59. The average molecular weight is 297 g/mol. The number of rotatable bonds is 3. The number of nitrogens with one attached hydrogen (secondary N) is 3. The third kappa shape index (κ3) is 3.03. The lowest BCUT2D eigenvalue weighted by molar-refractivity contribution is -0.121. The predicted molar refractivity (Wildman–Crippen MR) is 82.2 cm³/mol. The van der Waals surface area contributed by atoms with Gasteiger partial charge in [0.1, 0.15) is 5.71 Å². The van der Waals surface area contributed by atoms with Crippen molar-refractivity contribution in [2.45, 2.75) is 19.8 Å². The van der Waals surface area contributed by atoms with Crippen molar-refractivity contribution in [3.63, 3.8) is 0 Å². The van der Waals surface area contributed by atoms with Gasteiger partial charge in [0.2, 0.25) is 5.91 Å². The van der Waals surface area contributed by atoms with Crippen LogP contribution in [-0.2, 0) is 9.59 Å². The number of H-pyrrole nitrogens is 1. The van der Waals surface area contributed by atoms with E-state index in [4.69, 9.17) is 0 Å². The summed E-state index contributed by atoms with van der Waals surface area (Å²) in [6.45, 7) is 1.94. The van der Waals surface area contributed by atoms with Gasteiger partial charge >= 0.3 is 0 Å². The Hall–Kier alpha value is -2.96. The maximum absolute atomic E-state index is 12.0. The second-order valence-corrected chi connectivity index (χ2v) is 5.06. The van der Waals surface area contributed by atoms with E-state index in [1.807, 2.05) is 25.1 Å². The van der Waals surface area contributed by atoms with Gasteiger partial charge in [0.25, 0.3) is 5.91 Å². The fourth-order valence-electron chi connectivity index (χ4n) is 2.13. The second-order valence-electron chi connectivity index (χ2n) is 5.06. The van der Waals surface area contributed by atoms with Gasteiger partial charge in [-0.15, -0.1) is 0 Å². The molecule has 22 heavy (non-hydrogen) atoms. The highest BCUT2D eigenvalue weighted by molar-refractivity contribution is 6.43. The van der Waals surface area contributed by atoms with Crippen molar-refractivity contribution >= 4 is 23.2 Å². The Morgan fingerprint density at radius 3 is 2.59 bits per heavy atom. The lowest BCUT2D eigenvalue weighted by atomic mass is 10.1. The molecule has 1 aromatic heterocycles. The molecule has 112 valence electrons. The van der Waals surface area contributed by atoms with E-state index < -0.39 is 0 Å². The van der Waals surface area contributed by atoms with Crippen molar-refractivity contribution in [1.29, 1.82) is 0 Å². The molecule has 3 N–H and O–H groups in total. The lowest BCUT2D eigenvalue weighted by Gasteiger charge is -2.12. The summed E-state index contributed by atoms with van der Waals surface area (Å²) in [5.41, 5.74) is 6.11. The van der Waals surface area contributed by atoms with Crippen LogP contribution < -0.4 is 10.7 Å². The minimum atomic E-state index is -0.302. The van der Waals surface area contributed by atoms with Gasteiger partial charge in [0, 0.05) is 29.8 Å². The van der Waals surface area contributed by atoms with Gasteiger partial charge in [-0.25, -0.2) is 5.43 Å². The molecule has 2 amide bonds. The molecule has 7 nitrogen and oxygen atoms in total. The summed E-state index contributed by atoms with van der Waals surface area (Å²) < 4.78 is 0. The van der Waals surface area contributed by atoms with Crippen molar-refractivity contribution in [2.75, 3.05) is 5.32 Å². The average Bonchev–Trinajstić information content (AvgIpc) is 2.95. The minimum absolute atomic E-state index is 0.171. The first-order valence-electron chi connectivity index (χ1n) is 6.91. The molecule has 0 spiro atoms. The highest BCUT2D eigenvalue weighted by Crippen LogP contribution is 2.20. The van der Waals surface area contributed by atoms with Gasteiger partial charge in [0.15, 0.2) is 0 Å². The molecule has 0 bridgehead atoms. The molecule has 0 atom stereocenters. The van der Waals surface area contributed by atoms with Crippen LogP contribution in [0, 0.1) is 6.92 Å². The van der Waals surface area contributed by atoms with E-state index in [-0.39, 0.29) is 18.2 Å². The first kappa shape index (κ1) is 14.0. The molecule has 3 rings (SSSR count). The first-order valence-corrected chi connectivity index (χ1v) is 6.91. The highest BCUT2D eigenvalue weighted by Gasteiger charge is 2.18. The van der Waals surface area contributed by atoms with E-state index in [2.05, 4.69) is 26.0 Å². The van der Waals surface area contributed by atoms with Crippen LogP contribution in [-0.4, -0.2) is 27.7 Å². The van der Waals surface area contributed by atoms with Crippen LogP contribution in [0.3, 0.4) is 0 Å². The van der Waals surface area contributed by atoms with E-state index in [1.165, 1.54) is 0 Å². The van der Waals surface area contributed by atoms with Crippen LogP contribution in [0.4, 0.5) is 5.69 Å². The molecule has 2 heterocycles. The highest BCUT2D eigenvalue weighted by atomic mass is 16.2. The molecule has 2 aromatic rings. The van der Waals surface area contributed by atoms with Gasteiger partial charge in [-0.2, -0.15) is 10.2 Å². The lowest BCUT2D eigenvalue weighted by Crippen LogP contribution is -2.32. The number of nitrogens with zero attached hydrogens (tertiary/aromatic N) is 2. The zero-order chi connectivity index (χ0) is 15.5. The van der Waals surface area contributed by atoms with Crippen molar-refractivity contribution in [3.05, 3.63) is 36.0 Å². The molecule has 0 saturated carbocycles. The number of hydrogen-bond acceptors (Lipinski definition) is 4. The molecule has 0 saturated heterocycles. The Balaban J connectivity index is 1.68. The topological polar surface area (TPSA) is 99.2 Å².